The largest absolute Gasteiger partial charge is 0.504 e. The highest BCUT2D eigenvalue weighted by Crippen LogP contribution is 2.26. The van der Waals surface area contributed by atoms with Crippen LogP contribution >= 0.6 is 0 Å². The number of para-hydroxylation sites is 2. The summed E-state index contributed by atoms with van der Waals surface area (Å²) in [5.41, 5.74) is 0.326. The number of aromatic hydroxyl groups is 1. The van der Waals surface area contributed by atoms with Crippen LogP contribution in [-0.4, -0.2) is 32.7 Å². The molecule has 0 saturated heterocycles. The molecule has 118 valence electrons. The van der Waals surface area contributed by atoms with Gasteiger partial charge in [0.05, 0.1) is 12.6 Å². The third-order valence-electron chi connectivity index (χ3n) is 3.35. The molecule has 0 amide bonds. The minimum Gasteiger partial charge on any atom is -0.504 e. The van der Waals surface area contributed by atoms with Gasteiger partial charge in [0.25, 0.3) is 0 Å². The van der Waals surface area contributed by atoms with Crippen LogP contribution in [0.2, 0.25) is 0 Å². The molecule has 23 heavy (non-hydrogen) atoms. The fourth-order valence-electron chi connectivity index (χ4n) is 2.24. The highest BCUT2D eigenvalue weighted by Gasteiger charge is 2.18. The zero-order chi connectivity index (χ0) is 16.4. The van der Waals surface area contributed by atoms with Crippen molar-refractivity contribution in [3.05, 3.63) is 54.1 Å². The van der Waals surface area contributed by atoms with Crippen LogP contribution in [0.25, 0.3) is 5.52 Å². The first-order chi connectivity index (χ1) is 11.1. The normalized spacial score (nSPS) is 10.7. The average Bonchev–Trinajstić information content (AvgIpc) is 2.92. The highest BCUT2D eigenvalue weighted by atomic mass is 16.5. The van der Waals surface area contributed by atoms with Crippen molar-refractivity contribution >= 4 is 11.5 Å². The number of hydrogen-bond donors (Lipinski definition) is 2. The second-order valence-corrected chi connectivity index (χ2v) is 4.76. The first kappa shape index (κ1) is 14.7. The molecule has 0 aliphatic rings. The molecule has 3 rings (SSSR count). The Bertz CT molecular complexity index is 872. The van der Waals surface area contributed by atoms with Crippen molar-refractivity contribution < 1.29 is 24.5 Å². The second kappa shape index (κ2) is 5.88. The first-order valence-corrected chi connectivity index (χ1v) is 6.79. The minimum atomic E-state index is -1.13. The molecule has 0 bridgehead atoms. The summed E-state index contributed by atoms with van der Waals surface area (Å²) in [6, 6.07) is 9.83. The number of phenols is 1. The number of imidazole rings is 1. The molecule has 0 radical (unpaired) electrons. The number of rotatable bonds is 5. The first-order valence-electron chi connectivity index (χ1n) is 6.79. The number of pyridine rings is 1. The Kier molecular flexibility index (Phi) is 3.76. The van der Waals surface area contributed by atoms with Gasteiger partial charge < -0.3 is 19.7 Å². The predicted octanol–water partition coefficient (Wildman–Crippen LogP) is 2.33. The lowest BCUT2D eigenvalue weighted by Gasteiger charge is -2.07. The van der Waals surface area contributed by atoms with Crippen LogP contribution in [0.3, 0.4) is 0 Å². The van der Waals surface area contributed by atoms with Crippen molar-refractivity contribution in [2.45, 2.75) is 6.61 Å². The molecule has 3 aromatic rings. The van der Waals surface area contributed by atoms with E-state index < -0.39 is 5.97 Å². The van der Waals surface area contributed by atoms with Gasteiger partial charge in [-0.05, 0) is 18.2 Å². The fourth-order valence-corrected chi connectivity index (χ4v) is 2.24. The molecule has 0 aliphatic carbocycles. The monoisotopic (exact) mass is 314 g/mol. The van der Waals surface area contributed by atoms with Gasteiger partial charge in [0.15, 0.2) is 23.0 Å². The zero-order valence-corrected chi connectivity index (χ0v) is 12.3. The number of benzene rings is 1. The molecule has 0 unspecified atom stereocenters. The zero-order valence-electron chi connectivity index (χ0n) is 12.3. The lowest BCUT2D eigenvalue weighted by atomic mass is 10.3. The van der Waals surface area contributed by atoms with Gasteiger partial charge in [-0.25, -0.2) is 9.78 Å². The average molecular weight is 314 g/mol. The number of aromatic carboxylic acids is 1. The second-order valence-electron chi connectivity index (χ2n) is 4.76. The highest BCUT2D eigenvalue weighted by molar-refractivity contribution is 5.94. The predicted molar refractivity (Wildman–Crippen MR) is 81.1 cm³/mol. The van der Waals surface area contributed by atoms with E-state index in [0.717, 1.165) is 0 Å². The molecule has 0 fully saturated rings. The Balaban J connectivity index is 1.97. The van der Waals surface area contributed by atoms with E-state index in [1.54, 1.807) is 40.9 Å². The molecule has 7 nitrogen and oxygen atoms in total. The number of fused-ring (bicyclic) bond motifs is 1. The number of aromatic nitrogens is 2. The number of carbonyl (C=O) groups is 1. The maximum absolute atomic E-state index is 11.4. The molecular weight excluding hydrogens is 300 g/mol. The van der Waals surface area contributed by atoms with Crippen molar-refractivity contribution in [2.24, 2.45) is 0 Å². The van der Waals surface area contributed by atoms with Crippen LogP contribution in [0.15, 0.2) is 42.6 Å². The summed E-state index contributed by atoms with van der Waals surface area (Å²) in [5.74, 6) is 0.115. The van der Waals surface area contributed by atoms with Crippen LogP contribution in [0.4, 0.5) is 0 Å². The summed E-state index contributed by atoms with van der Waals surface area (Å²) in [7, 11) is 1.50. The van der Waals surface area contributed by atoms with Crippen LogP contribution in [0.5, 0.6) is 17.2 Å². The Hall–Kier alpha value is -3.22. The molecule has 2 heterocycles. The molecule has 0 atom stereocenters. The molecule has 0 saturated carbocycles. The lowest BCUT2D eigenvalue weighted by Crippen LogP contribution is -2.01. The van der Waals surface area contributed by atoms with Crippen molar-refractivity contribution in [3.8, 4) is 17.2 Å². The number of ether oxygens (including phenoxy) is 2. The fraction of sp³-hybridized carbons (Fsp3) is 0.125. The van der Waals surface area contributed by atoms with Crippen LogP contribution in [0, 0.1) is 0 Å². The van der Waals surface area contributed by atoms with E-state index in [0.29, 0.717) is 22.8 Å². The summed E-state index contributed by atoms with van der Waals surface area (Å²) >= 11 is 0. The number of hydrogen-bond acceptors (Lipinski definition) is 5. The van der Waals surface area contributed by atoms with E-state index in [9.17, 15) is 15.0 Å². The van der Waals surface area contributed by atoms with Gasteiger partial charge in [-0.1, -0.05) is 12.1 Å². The van der Waals surface area contributed by atoms with Crippen LogP contribution < -0.4 is 9.47 Å². The van der Waals surface area contributed by atoms with E-state index in [-0.39, 0.29) is 18.1 Å². The molecule has 7 heteroatoms. The Morgan fingerprint density at radius 3 is 2.78 bits per heavy atom. The van der Waals surface area contributed by atoms with Gasteiger partial charge >= 0.3 is 5.97 Å². The maximum atomic E-state index is 11.4. The van der Waals surface area contributed by atoms with Gasteiger partial charge in [0.1, 0.15) is 12.4 Å². The third-order valence-corrected chi connectivity index (χ3v) is 3.35. The minimum absolute atomic E-state index is 0.00786. The number of carboxylic acid groups (broad SMARTS) is 1. The smallest absolute Gasteiger partial charge is 0.356 e. The van der Waals surface area contributed by atoms with Gasteiger partial charge in [0.2, 0.25) is 0 Å². The maximum Gasteiger partial charge on any atom is 0.356 e. The summed E-state index contributed by atoms with van der Waals surface area (Å²) < 4.78 is 12.3. The molecule has 2 N–H and O–H groups in total. The standard InChI is InChI=1S/C16H14N2O5/c1-22-10-6-7-18-11(8-10)15(16(20)21)17-14(18)9-23-13-5-3-2-4-12(13)19/h2-8,19H,9H2,1H3,(H,20,21). The van der Waals surface area contributed by atoms with Crippen molar-refractivity contribution in [2.75, 3.05) is 7.11 Å². The van der Waals surface area contributed by atoms with Gasteiger partial charge in [-0.3, -0.25) is 4.40 Å². The van der Waals surface area contributed by atoms with Gasteiger partial charge in [-0.15, -0.1) is 0 Å². The van der Waals surface area contributed by atoms with E-state index >= 15 is 0 Å². The lowest BCUT2D eigenvalue weighted by molar-refractivity contribution is 0.0693. The summed E-state index contributed by atoms with van der Waals surface area (Å²) in [4.78, 5) is 15.5. The van der Waals surface area contributed by atoms with Crippen molar-refractivity contribution in [1.29, 1.82) is 0 Å². The molecule has 0 aliphatic heterocycles. The third kappa shape index (κ3) is 2.76. The van der Waals surface area contributed by atoms with Crippen LogP contribution in [-0.2, 0) is 6.61 Å². The molecule has 0 spiro atoms. The Labute approximate surface area is 131 Å². The van der Waals surface area contributed by atoms with E-state index in [1.165, 1.54) is 13.2 Å². The molecular formula is C16H14N2O5. The summed E-state index contributed by atoms with van der Waals surface area (Å²) in [5, 5.41) is 19.0. The Morgan fingerprint density at radius 1 is 1.30 bits per heavy atom. The topological polar surface area (TPSA) is 93.3 Å². The number of nitrogens with zero attached hydrogens (tertiary/aromatic N) is 2. The number of carboxylic acids is 1. The van der Waals surface area contributed by atoms with E-state index in [1.807, 2.05) is 0 Å². The molecule has 1 aromatic carbocycles. The number of methoxy groups -OCH3 is 1. The van der Waals surface area contributed by atoms with Crippen molar-refractivity contribution in [1.82, 2.24) is 9.38 Å². The molecule has 2 aromatic heterocycles. The summed E-state index contributed by atoms with van der Waals surface area (Å²) in [6.45, 7) is 0.0123. The SMILES string of the molecule is COc1ccn2c(COc3ccccc3O)nc(C(=O)O)c2c1. The van der Waals surface area contributed by atoms with Gasteiger partial charge in [-0.2, -0.15) is 0 Å². The summed E-state index contributed by atoms with van der Waals surface area (Å²) in [6.07, 6.45) is 1.66. The van der Waals surface area contributed by atoms with E-state index in [2.05, 4.69) is 4.98 Å². The quantitative estimate of drug-likeness (QED) is 0.751. The van der Waals surface area contributed by atoms with Gasteiger partial charge in [0, 0.05) is 12.3 Å². The Morgan fingerprint density at radius 2 is 2.09 bits per heavy atom. The van der Waals surface area contributed by atoms with Crippen LogP contribution in [0.1, 0.15) is 16.3 Å². The van der Waals surface area contributed by atoms with Crippen molar-refractivity contribution in [3.63, 3.8) is 0 Å². The van der Waals surface area contributed by atoms with E-state index in [4.69, 9.17) is 9.47 Å². The number of phenolic OH excluding ortho intramolecular Hbond substituents is 1.